The average molecular weight is 349 g/mol. The van der Waals surface area contributed by atoms with Crippen LogP contribution in [0.3, 0.4) is 0 Å². The maximum absolute atomic E-state index is 14.0. The van der Waals surface area contributed by atoms with Gasteiger partial charge in [0.15, 0.2) is 18.2 Å². The lowest BCUT2D eigenvalue weighted by Gasteiger charge is -2.10. The highest BCUT2D eigenvalue weighted by Crippen LogP contribution is 2.22. The molecule has 0 saturated carbocycles. The van der Waals surface area contributed by atoms with Crippen molar-refractivity contribution in [3.05, 3.63) is 66.1 Å². The van der Waals surface area contributed by atoms with Crippen LogP contribution < -0.4 is 15.4 Å². The minimum atomic E-state index is -0.565. The van der Waals surface area contributed by atoms with Crippen LogP contribution in [0.2, 0.25) is 0 Å². The molecule has 0 atom stereocenters. The van der Waals surface area contributed by atoms with Crippen LogP contribution in [0.4, 0.5) is 27.5 Å². The predicted octanol–water partition coefficient (Wildman–Crippen LogP) is 4.31. The normalized spacial score (nSPS) is 10.0. The summed E-state index contributed by atoms with van der Waals surface area (Å²) < 4.78 is 19.2. The second-order valence-corrected chi connectivity index (χ2v) is 5.48. The summed E-state index contributed by atoms with van der Waals surface area (Å²) in [6.07, 6.45) is 1.11. The molecule has 130 valence electrons. The summed E-state index contributed by atoms with van der Waals surface area (Å²) >= 11 is 0. The average Bonchev–Trinajstić information content (AvgIpc) is 2.66. The van der Waals surface area contributed by atoms with Gasteiger partial charge in [-0.3, -0.25) is 0 Å². The van der Waals surface area contributed by atoms with E-state index in [1.54, 1.807) is 24.3 Å². The number of aryl methyl sites for hydroxylation is 1. The van der Waals surface area contributed by atoms with Gasteiger partial charge in [0, 0.05) is 11.4 Å². The number of halogens is 1. The van der Waals surface area contributed by atoms with E-state index in [0.29, 0.717) is 11.4 Å². The minimum Gasteiger partial charge on any atom is -0.479 e. The third-order valence-corrected chi connectivity index (χ3v) is 3.47. The van der Waals surface area contributed by atoms with Gasteiger partial charge in [0.2, 0.25) is 5.95 Å². The Hall–Kier alpha value is -3.66. The summed E-state index contributed by atoms with van der Waals surface area (Å²) in [4.78, 5) is 8.13. The SMILES string of the molecule is Cc1ccc(Nc2ncc(F)c(Nc3ccc(OCC#N)cc3)n2)cc1. The molecule has 0 spiro atoms. The lowest BCUT2D eigenvalue weighted by Crippen LogP contribution is -2.03. The van der Waals surface area contributed by atoms with Crippen molar-refractivity contribution in [3.8, 4) is 11.8 Å². The number of hydrogen-bond donors (Lipinski definition) is 2. The predicted molar refractivity (Wildman–Crippen MR) is 97.3 cm³/mol. The second-order valence-electron chi connectivity index (χ2n) is 5.48. The van der Waals surface area contributed by atoms with E-state index in [0.717, 1.165) is 17.4 Å². The highest BCUT2D eigenvalue weighted by Gasteiger charge is 2.08. The molecule has 2 N–H and O–H groups in total. The Morgan fingerprint density at radius 3 is 2.38 bits per heavy atom. The first kappa shape index (κ1) is 17.2. The summed E-state index contributed by atoms with van der Waals surface area (Å²) in [5.41, 5.74) is 2.58. The van der Waals surface area contributed by atoms with Crippen molar-refractivity contribution in [2.45, 2.75) is 6.92 Å². The zero-order chi connectivity index (χ0) is 18.4. The van der Waals surface area contributed by atoms with Crippen LogP contribution in [0, 0.1) is 24.1 Å². The molecule has 0 bridgehead atoms. The monoisotopic (exact) mass is 349 g/mol. The number of hydrogen-bond acceptors (Lipinski definition) is 6. The highest BCUT2D eigenvalue weighted by atomic mass is 19.1. The van der Waals surface area contributed by atoms with Crippen LogP contribution in [0.15, 0.2) is 54.7 Å². The number of nitriles is 1. The Kier molecular flexibility index (Phi) is 5.25. The van der Waals surface area contributed by atoms with Crippen LogP contribution in [-0.4, -0.2) is 16.6 Å². The van der Waals surface area contributed by atoms with E-state index < -0.39 is 5.82 Å². The summed E-state index contributed by atoms with van der Waals surface area (Å²) in [7, 11) is 0. The number of ether oxygens (including phenoxy) is 1. The van der Waals surface area contributed by atoms with Crippen LogP contribution in [0.5, 0.6) is 5.75 Å². The first-order valence-corrected chi connectivity index (χ1v) is 7.87. The van der Waals surface area contributed by atoms with Crippen molar-refractivity contribution in [2.75, 3.05) is 17.2 Å². The van der Waals surface area contributed by atoms with Crippen LogP contribution >= 0.6 is 0 Å². The van der Waals surface area contributed by atoms with Crippen molar-refractivity contribution < 1.29 is 9.13 Å². The third kappa shape index (κ3) is 4.45. The molecular formula is C19H16FN5O. The maximum Gasteiger partial charge on any atom is 0.229 e. The lowest BCUT2D eigenvalue weighted by molar-refractivity contribution is 0.368. The molecule has 0 unspecified atom stereocenters. The molecule has 1 heterocycles. The van der Waals surface area contributed by atoms with Gasteiger partial charge in [-0.15, -0.1) is 0 Å². The molecule has 3 rings (SSSR count). The van der Waals surface area contributed by atoms with Gasteiger partial charge in [-0.25, -0.2) is 9.37 Å². The quantitative estimate of drug-likeness (QED) is 0.690. The maximum atomic E-state index is 14.0. The van der Waals surface area contributed by atoms with Gasteiger partial charge in [0.1, 0.15) is 11.8 Å². The van der Waals surface area contributed by atoms with Crippen molar-refractivity contribution in [3.63, 3.8) is 0 Å². The van der Waals surface area contributed by atoms with Gasteiger partial charge in [0.05, 0.1) is 6.20 Å². The van der Waals surface area contributed by atoms with E-state index in [1.165, 1.54) is 0 Å². The Morgan fingerprint density at radius 2 is 1.69 bits per heavy atom. The molecule has 0 aliphatic rings. The van der Waals surface area contributed by atoms with Crippen LogP contribution in [-0.2, 0) is 0 Å². The minimum absolute atomic E-state index is 0.0264. The number of nitrogens with zero attached hydrogens (tertiary/aromatic N) is 3. The van der Waals surface area contributed by atoms with E-state index in [2.05, 4.69) is 20.6 Å². The van der Waals surface area contributed by atoms with Gasteiger partial charge >= 0.3 is 0 Å². The lowest BCUT2D eigenvalue weighted by atomic mass is 10.2. The zero-order valence-electron chi connectivity index (χ0n) is 14.0. The Bertz CT molecular complexity index is 920. The summed E-state index contributed by atoms with van der Waals surface area (Å²) in [6.45, 7) is 1.97. The molecule has 26 heavy (non-hydrogen) atoms. The highest BCUT2D eigenvalue weighted by molar-refractivity contribution is 5.60. The van der Waals surface area contributed by atoms with E-state index >= 15 is 0 Å². The number of rotatable bonds is 6. The molecule has 0 radical (unpaired) electrons. The number of anilines is 4. The van der Waals surface area contributed by atoms with Gasteiger partial charge < -0.3 is 15.4 Å². The fourth-order valence-electron chi connectivity index (χ4n) is 2.17. The summed E-state index contributed by atoms with van der Waals surface area (Å²) in [5, 5.41) is 14.4. The molecule has 0 aliphatic heterocycles. The van der Waals surface area contributed by atoms with Crippen molar-refractivity contribution in [1.29, 1.82) is 5.26 Å². The van der Waals surface area contributed by atoms with E-state index in [9.17, 15) is 4.39 Å². The number of benzene rings is 2. The van der Waals surface area contributed by atoms with Crippen molar-refractivity contribution in [2.24, 2.45) is 0 Å². The fraction of sp³-hybridized carbons (Fsp3) is 0.105. The molecule has 6 nitrogen and oxygen atoms in total. The van der Waals surface area contributed by atoms with E-state index in [-0.39, 0.29) is 18.4 Å². The first-order chi connectivity index (χ1) is 12.6. The molecule has 0 fully saturated rings. The molecule has 3 aromatic rings. The molecule has 0 saturated heterocycles. The molecule has 7 heteroatoms. The molecule has 2 aromatic carbocycles. The zero-order valence-corrected chi connectivity index (χ0v) is 14.0. The smallest absolute Gasteiger partial charge is 0.229 e. The van der Waals surface area contributed by atoms with Crippen molar-refractivity contribution >= 4 is 23.1 Å². The molecule has 0 amide bonds. The van der Waals surface area contributed by atoms with Gasteiger partial charge in [0.25, 0.3) is 0 Å². The molecule has 1 aromatic heterocycles. The van der Waals surface area contributed by atoms with Gasteiger partial charge in [-0.05, 0) is 43.3 Å². The standard InChI is InChI=1S/C19H16FN5O/c1-13-2-4-15(5-3-13)24-19-22-12-17(20)18(25-19)23-14-6-8-16(9-7-14)26-11-10-21/h2-9,12H,11H2,1H3,(H2,22,23,24,25). The van der Waals surface area contributed by atoms with E-state index in [1.807, 2.05) is 37.3 Å². The molecule has 0 aliphatic carbocycles. The summed E-state index contributed by atoms with van der Waals surface area (Å²) in [6, 6.07) is 16.4. The number of aromatic nitrogens is 2. The van der Waals surface area contributed by atoms with Crippen LogP contribution in [0.25, 0.3) is 0 Å². The van der Waals surface area contributed by atoms with Gasteiger partial charge in [-0.2, -0.15) is 10.2 Å². The number of nitrogens with one attached hydrogen (secondary N) is 2. The second kappa shape index (κ2) is 7.94. The first-order valence-electron chi connectivity index (χ1n) is 7.87. The van der Waals surface area contributed by atoms with E-state index in [4.69, 9.17) is 10.00 Å². The van der Waals surface area contributed by atoms with Gasteiger partial charge in [-0.1, -0.05) is 17.7 Å². The largest absolute Gasteiger partial charge is 0.479 e. The molecular weight excluding hydrogens is 333 g/mol. The Morgan fingerprint density at radius 1 is 1.04 bits per heavy atom. The van der Waals surface area contributed by atoms with Crippen molar-refractivity contribution in [1.82, 2.24) is 9.97 Å². The van der Waals surface area contributed by atoms with Crippen LogP contribution in [0.1, 0.15) is 5.56 Å². The Labute approximate surface area is 150 Å². The Balaban J connectivity index is 1.73. The fourth-order valence-corrected chi connectivity index (χ4v) is 2.17. The summed E-state index contributed by atoms with van der Waals surface area (Å²) in [5.74, 6) is 0.332. The topological polar surface area (TPSA) is 82.9 Å². The third-order valence-electron chi connectivity index (χ3n) is 3.47.